The van der Waals surface area contributed by atoms with E-state index in [2.05, 4.69) is 30.4 Å². The lowest BCUT2D eigenvalue weighted by Crippen LogP contribution is -2.43. The summed E-state index contributed by atoms with van der Waals surface area (Å²) in [6, 6.07) is 17.0. The van der Waals surface area contributed by atoms with Gasteiger partial charge in [0.1, 0.15) is 63.6 Å². The Morgan fingerprint density at radius 3 is 1.64 bits per heavy atom. The summed E-state index contributed by atoms with van der Waals surface area (Å²) in [4.78, 5) is 87.2. The Morgan fingerprint density at radius 1 is 0.730 bits per heavy atom. The van der Waals surface area contributed by atoms with E-state index in [4.69, 9.17) is 76.8 Å². The van der Waals surface area contributed by atoms with Crippen LogP contribution in [0.5, 0.6) is 11.5 Å². The van der Waals surface area contributed by atoms with Gasteiger partial charge in [0.05, 0.1) is 25.4 Å². The van der Waals surface area contributed by atoms with Crippen LogP contribution in [0.4, 0.5) is 4.79 Å². The summed E-state index contributed by atoms with van der Waals surface area (Å²) in [6.45, 7) is 14.8. The van der Waals surface area contributed by atoms with Gasteiger partial charge in [-0.05, 0) is 100 Å². The lowest BCUT2D eigenvalue weighted by Gasteiger charge is -2.26. The zero-order valence-electron chi connectivity index (χ0n) is 50.5. The maximum Gasteiger partial charge on any atom is 0.459 e. The Kier molecular flexibility index (Phi) is 26.2. The Balaban J connectivity index is 0.000000231. The third kappa shape index (κ3) is 21.5. The van der Waals surface area contributed by atoms with E-state index >= 15 is 0 Å². The third-order valence-corrected chi connectivity index (χ3v) is 16.8. The van der Waals surface area contributed by atoms with E-state index in [0.717, 1.165) is 40.1 Å². The van der Waals surface area contributed by atoms with Gasteiger partial charge in [0.2, 0.25) is 0 Å². The van der Waals surface area contributed by atoms with Crippen LogP contribution >= 0.6 is 49.1 Å². The van der Waals surface area contributed by atoms with E-state index in [1.54, 1.807) is 94.6 Å². The number of carbonyl (C=O) groups excluding carboxylic acids is 3. The lowest BCUT2D eigenvalue weighted by atomic mass is 10.0. The molecular formula is C55H76Cl3N9O20P2. The number of carbonyl (C=O) groups is 3. The van der Waals surface area contributed by atoms with Crippen molar-refractivity contribution < 1.29 is 76.1 Å². The second-order valence-corrected chi connectivity index (χ2v) is 28.3. The quantitative estimate of drug-likeness (QED) is 0.0206. The number of H-pyrrole nitrogens is 2. The predicted octanol–water partition coefficient (Wildman–Crippen LogP) is 5.91. The summed E-state index contributed by atoms with van der Waals surface area (Å²) in [5.41, 5.74) is -2.90. The van der Waals surface area contributed by atoms with Gasteiger partial charge in [-0.25, -0.2) is 33.6 Å². The molecule has 8 N–H and O–H groups in total. The molecule has 0 radical (unpaired) electrons. The number of hydrogen-bond acceptors (Lipinski definition) is 21. The predicted molar refractivity (Wildman–Crippen MR) is 326 cm³/mol. The zero-order valence-corrected chi connectivity index (χ0v) is 54.6. The van der Waals surface area contributed by atoms with Crippen molar-refractivity contribution >= 4 is 67.1 Å². The highest BCUT2D eigenvalue weighted by atomic mass is 35.7. The molecule has 2 aromatic carbocycles. The van der Waals surface area contributed by atoms with Crippen LogP contribution in [0.15, 0.2) is 117 Å². The maximum atomic E-state index is 13.6. The van der Waals surface area contributed by atoms with Crippen molar-refractivity contribution in [3.05, 3.63) is 145 Å². The molecular weight excluding hydrogens is 1270 g/mol. The number of aryl methyl sites for hydroxylation is 1. The fourth-order valence-corrected chi connectivity index (χ4v) is 12.3. The number of alkyl halides is 2. The number of benzene rings is 2. The monoisotopic (exact) mass is 1350 g/mol. The van der Waals surface area contributed by atoms with E-state index < -0.39 is 127 Å². The molecule has 3 aromatic heterocycles. The standard InChI is InChI=1S/C22H29ClN3O9P.C12H17ClNO4P.C11H17N3O2.C10H13ClN2O5/c1-13(2)33-19(29)14(3)25-36(31,35-15-8-6-5-7-9-15)32-12-16-18(28)22(4,23)20(34-16)26-11-10-17(27)24-21(26)30;1-9(2)17-12(15)10(3)14-19(13,16)18-11-7-5-4-6-8-11;1-11(2,3)13-10(15)16-8-4-6-14-7-5-12-9(8)14;1-10(11)7(16)5(4-14)18-8(10)13-3-2-6(15)12-9(13)17/h5-11,13-14,16,18,20,28H,12H2,1-4H3,(H,25,31)(H,24,27,30);4-10H,1-3H3,(H,14,16);5,7-8H,4,6H2,1-3H3,(H,13,15);2-3,5,7-8,14,16H,4H2,1H3,(H,12,15,17)/t14-,16-,18-,20-,22-,36-;10-,19?;8-;5-,7-,8-,10-/m1111/s1. The van der Waals surface area contributed by atoms with Gasteiger partial charge in [-0.1, -0.05) is 36.4 Å². The number of rotatable bonds is 19. The number of nitrogens with one attached hydrogen (secondary N) is 5. The molecule has 2 fully saturated rings. The lowest BCUT2D eigenvalue weighted by molar-refractivity contribution is -0.149. The van der Waals surface area contributed by atoms with Crippen LogP contribution in [0, 0.1) is 0 Å². The average Bonchev–Trinajstić information content (AvgIpc) is 2.77. The summed E-state index contributed by atoms with van der Waals surface area (Å²) in [6.07, 6.45) is -1.07. The molecule has 3 aliphatic heterocycles. The summed E-state index contributed by atoms with van der Waals surface area (Å²) < 4.78 is 72.6. The highest BCUT2D eigenvalue weighted by Crippen LogP contribution is 2.50. The van der Waals surface area contributed by atoms with Crippen molar-refractivity contribution in [2.24, 2.45) is 0 Å². The van der Waals surface area contributed by atoms with Gasteiger partial charge in [0.25, 0.3) is 11.1 Å². The van der Waals surface area contributed by atoms with Crippen LogP contribution in [0.1, 0.15) is 107 Å². The minimum absolute atomic E-state index is 0.200. The van der Waals surface area contributed by atoms with Crippen LogP contribution < -0.4 is 47.0 Å². The molecule has 5 aromatic rings. The highest BCUT2D eigenvalue weighted by Gasteiger charge is 2.55. The van der Waals surface area contributed by atoms with E-state index in [0.29, 0.717) is 5.75 Å². The highest BCUT2D eigenvalue weighted by molar-refractivity contribution is 7.84. The van der Waals surface area contributed by atoms with Crippen LogP contribution in [0.3, 0.4) is 0 Å². The largest absolute Gasteiger partial charge is 0.462 e. The number of aromatic nitrogens is 6. The zero-order chi connectivity index (χ0) is 66.4. The van der Waals surface area contributed by atoms with Crippen molar-refractivity contribution in [1.82, 2.24) is 44.1 Å². The number of imidazole rings is 1. The number of esters is 2. The molecule has 29 nitrogen and oxygen atoms in total. The molecule has 13 atom stereocenters. The molecule has 89 heavy (non-hydrogen) atoms. The first-order valence-electron chi connectivity index (χ1n) is 27.7. The number of aliphatic hydroxyl groups excluding tert-OH is 3. The minimum atomic E-state index is -4.22. The summed E-state index contributed by atoms with van der Waals surface area (Å²) >= 11 is 18.4. The molecule has 0 bridgehead atoms. The number of nitrogens with zero attached hydrogens (tertiary/aromatic N) is 4. The number of para-hydroxylation sites is 2. The van der Waals surface area contributed by atoms with E-state index in [9.17, 15) is 52.9 Å². The fraction of sp³-hybridized carbons (Fsp3) is 0.527. The van der Waals surface area contributed by atoms with Crippen LogP contribution in [-0.2, 0) is 53.5 Å². The Labute approximate surface area is 526 Å². The minimum Gasteiger partial charge on any atom is -0.462 e. The molecule has 6 heterocycles. The molecule has 0 saturated carbocycles. The summed E-state index contributed by atoms with van der Waals surface area (Å²) in [7, 11) is -4.22. The van der Waals surface area contributed by atoms with E-state index in [-0.39, 0.29) is 29.6 Å². The topological polar surface area (TPSA) is 384 Å². The second kappa shape index (κ2) is 31.7. The molecule has 8 rings (SSSR count). The molecule has 1 amide bonds. The first kappa shape index (κ1) is 73.6. The molecule has 492 valence electrons. The number of aliphatic hydroxyl groups is 3. The van der Waals surface area contributed by atoms with Crippen LogP contribution in [-0.4, -0.2) is 139 Å². The van der Waals surface area contributed by atoms with Gasteiger partial charge in [0.15, 0.2) is 18.6 Å². The van der Waals surface area contributed by atoms with Crippen LogP contribution in [0.2, 0.25) is 0 Å². The first-order chi connectivity index (χ1) is 41.4. The van der Waals surface area contributed by atoms with Crippen molar-refractivity contribution in [2.75, 3.05) is 13.2 Å². The number of amides is 1. The number of halogens is 3. The van der Waals surface area contributed by atoms with Gasteiger partial charge >= 0.3 is 44.0 Å². The van der Waals surface area contributed by atoms with Crippen molar-refractivity contribution in [3.8, 4) is 11.5 Å². The molecule has 2 saturated heterocycles. The number of fused-ring (bicyclic) bond motifs is 1. The third-order valence-electron chi connectivity index (χ3n) is 12.7. The Hall–Kier alpha value is -6.17. The average molecular weight is 1350 g/mol. The maximum absolute atomic E-state index is 13.6. The number of hydrogen-bond donors (Lipinski definition) is 8. The normalized spacial score (nSPS) is 24.7. The number of alkyl carbamates (subject to hydrolysis) is 1. The van der Waals surface area contributed by atoms with Gasteiger partial charge in [0, 0.05) is 66.7 Å². The summed E-state index contributed by atoms with van der Waals surface area (Å²) in [5, 5.41) is 37.5. The smallest absolute Gasteiger partial charge is 0.459 e. The Bertz CT molecular complexity index is 3490. The van der Waals surface area contributed by atoms with Gasteiger partial charge in [-0.2, -0.15) is 5.09 Å². The summed E-state index contributed by atoms with van der Waals surface area (Å²) in [5.74, 6) is 0.188. The molecule has 3 aliphatic rings. The van der Waals surface area contributed by atoms with Crippen molar-refractivity contribution in [1.29, 1.82) is 0 Å². The Morgan fingerprint density at radius 2 is 1.19 bits per heavy atom. The second-order valence-electron chi connectivity index (χ2n) is 22.3. The SMILES string of the molecule is CC(C)(C)NC(=O)O[C@@H]1CCn2ccnc21.CC(C)OC(=O)[C@@H](C)NP(=O)(Cl)Oc1ccccc1.CC(C)OC(=O)[C@@H](C)N[P@@](=O)(OC[C@H]1O[C@@H](n2ccc(=O)[nH]c2=O)[C@](C)(Cl)[C@@H]1O)Oc1ccccc1.C[C@@]1(Cl)[C@H](O)[C@@H](CO)O[C@H]1n1ccc(=O)[nH]c1=O. The van der Waals surface area contributed by atoms with Gasteiger partial charge < -0.3 is 57.9 Å². The number of aromatic amines is 2. The molecule has 0 spiro atoms. The van der Waals surface area contributed by atoms with Gasteiger partial charge in [-0.15, -0.1) is 23.2 Å². The van der Waals surface area contributed by atoms with E-state index in [1.807, 2.05) is 31.5 Å². The first-order valence-corrected chi connectivity index (χ1v) is 32.6. The van der Waals surface area contributed by atoms with Crippen molar-refractivity contribution in [3.63, 3.8) is 0 Å². The fourth-order valence-electron chi connectivity index (χ4n) is 8.46. The molecule has 1 unspecified atom stereocenters. The van der Waals surface area contributed by atoms with Crippen LogP contribution in [0.25, 0.3) is 0 Å². The van der Waals surface area contributed by atoms with E-state index in [1.165, 1.54) is 40.1 Å². The number of ether oxygens (including phenoxy) is 5. The molecule has 34 heteroatoms. The van der Waals surface area contributed by atoms with Gasteiger partial charge in [-0.3, -0.25) is 42.8 Å². The molecule has 0 aliphatic carbocycles. The van der Waals surface area contributed by atoms with Crippen molar-refractivity contribution in [2.45, 2.75) is 172 Å².